The first-order valence-corrected chi connectivity index (χ1v) is 8.63. The Hall–Kier alpha value is 0.230. The van der Waals surface area contributed by atoms with E-state index in [-0.39, 0.29) is 5.60 Å². The third-order valence-corrected chi connectivity index (χ3v) is 6.26. The molecule has 3 rings (SSSR count). The van der Waals surface area contributed by atoms with E-state index in [1.807, 2.05) is 0 Å². The highest BCUT2D eigenvalue weighted by molar-refractivity contribution is 7.99. The summed E-state index contributed by atoms with van der Waals surface area (Å²) in [5.41, 5.74) is 6.01. The number of hydrogen-bond acceptors (Lipinski definition) is 4. The van der Waals surface area contributed by atoms with Crippen LogP contribution in [0.4, 0.5) is 0 Å². The van der Waals surface area contributed by atoms with E-state index in [2.05, 4.69) is 16.7 Å². The van der Waals surface area contributed by atoms with Crippen molar-refractivity contribution in [1.29, 1.82) is 0 Å². The summed E-state index contributed by atoms with van der Waals surface area (Å²) < 4.78 is 6.12. The number of ether oxygens (including phenoxy) is 1. The maximum absolute atomic E-state index is 6.12. The maximum Gasteiger partial charge on any atom is 0.0795 e. The van der Waals surface area contributed by atoms with Gasteiger partial charge in [0.05, 0.1) is 5.60 Å². The molecular weight excluding hydrogens is 244 g/mol. The number of likely N-dealkylation sites (tertiary alicyclic amines) is 1. The van der Waals surface area contributed by atoms with Gasteiger partial charge >= 0.3 is 0 Å². The Labute approximate surface area is 115 Å². The summed E-state index contributed by atoms with van der Waals surface area (Å²) in [5.74, 6) is 3.29. The van der Waals surface area contributed by atoms with Gasteiger partial charge in [-0.2, -0.15) is 11.8 Å². The summed E-state index contributed by atoms with van der Waals surface area (Å²) in [6.07, 6.45) is 6.38. The fraction of sp³-hybridized carbons (Fsp3) is 1.00. The van der Waals surface area contributed by atoms with E-state index < -0.39 is 0 Å². The molecule has 3 aliphatic rings. The molecule has 3 nitrogen and oxygen atoms in total. The number of thioether (sulfide) groups is 1. The quantitative estimate of drug-likeness (QED) is 0.829. The monoisotopic (exact) mass is 270 g/mol. The largest absolute Gasteiger partial charge is 0.374 e. The van der Waals surface area contributed by atoms with Gasteiger partial charge in [-0.3, -0.25) is 0 Å². The highest BCUT2D eigenvalue weighted by atomic mass is 32.2. The molecule has 0 saturated carbocycles. The highest BCUT2D eigenvalue weighted by Gasteiger charge is 2.42. The fourth-order valence-corrected chi connectivity index (χ4v) is 5.11. The van der Waals surface area contributed by atoms with Crippen LogP contribution in [0.2, 0.25) is 0 Å². The molecule has 2 N–H and O–H groups in total. The molecule has 3 fully saturated rings. The Morgan fingerprint density at radius 3 is 2.78 bits per heavy atom. The summed E-state index contributed by atoms with van der Waals surface area (Å²) >= 11 is 2.07. The van der Waals surface area contributed by atoms with Gasteiger partial charge in [0, 0.05) is 18.4 Å². The number of rotatable bonds is 2. The molecule has 2 atom stereocenters. The molecule has 1 spiro atoms. The Morgan fingerprint density at radius 1 is 1.28 bits per heavy atom. The van der Waals surface area contributed by atoms with Crippen LogP contribution in [0.1, 0.15) is 32.1 Å². The van der Waals surface area contributed by atoms with Gasteiger partial charge in [0.15, 0.2) is 0 Å². The standard InChI is InChI=1S/C14H26N2OS/c15-10-12-1-5-16(6-2-12)13-3-7-17-14(9-13)4-8-18-11-14/h12-13H,1-11,15H2. The van der Waals surface area contributed by atoms with Crippen LogP contribution in [0, 0.1) is 5.92 Å². The van der Waals surface area contributed by atoms with Crippen LogP contribution in [0.3, 0.4) is 0 Å². The molecule has 2 unspecified atom stereocenters. The maximum atomic E-state index is 6.12. The van der Waals surface area contributed by atoms with Gasteiger partial charge < -0.3 is 15.4 Å². The summed E-state index contributed by atoms with van der Waals surface area (Å²) in [6, 6.07) is 0.774. The van der Waals surface area contributed by atoms with Crippen molar-refractivity contribution in [2.24, 2.45) is 11.7 Å². The van der Waals surface area contributed by atoms with E-state index in [0.29, 0.717) is 0 Å². The third kappa shape index (κ3) is 2.72. The van der Waals surface area contributed by atoms with Gasteiger partial charge in [-0.25, -0.2) is 0 Å². The van der Waals surface area contributed by atoms with E-state index in [1.54, 1.807) is 0 Å². The van der Waals surface area contributed by atoms with Crippen molar-refractivity contribution < 1.29 is 4.74 Å². The van der Waals surface area contributed by atoms with Crippen LogP contribution in [-0.4, -0.2) is 54.3 Å². The lowest BCUT2D eigenvalue weighted by Crippen LogP contribution is -2.51. The molecule has 3 aliphatic heterocycles. The SMILES string of the molecule is NCC1CCN(C2CCOC3(CCSC3)C2)CC1. The first kappa shape index (κ1) is 13.2. The molecule has 104 valence electrons. The average molecular weight is 270 g/mol. The van der Waals surface area contributed by atoms with Crippen molar-refractivity contribution in [3.8, 4) is 0 Å². The van der Waals surface area contributed by atoms with Crippen LogP contribution >= 0.6 is 11.8 Å². The molecule has 18 heavy (non-hydrogen) atoms. The molecule has 4 heteroatoms. The Balaban J connectivity index is 1.56. The van der Waals surface area contributed by atoms with Crippen LogP contribution in [0.5, 0.6) is 0 Å². The van der Waals surface area contributed by atoms with Crippen molar-refractivity contribution in [2.45, 2.75) is 43.7 Å². The number of nitrogens with zero attached hydrogens (tertiary/aromatic N) is 1. The predicted molar refractivity (Wildman–Crippen MR) is 77.0 cm³/mol. The molecule has 3 saturated heterocycles. The van der Waals surface area contributed by atoms with Crippen LogP contribution in [0.15, 0.2) is 0 Å². The minimum atomic E-state index is 0.234. The molecule has 0 bridgehead atoms. The lowest BCUT2D eigenvalue weighted by atomic mass is 9.87. The molecule has 0 aromatic heterocycles. The highest BCUT2D eigenvalue weighted by Crippen LogP contribution is 2.40. The van der Waals surface area contributed by atoms with E-state index in [0.717, 1.165) is 25.1 Å². The predicted octanol–water partition coefficient (Wildman–Crippen LogP) is 1.71. The minimum absolute atomic E-state index is 0.234. The topological polar surface area (TPSA) is 38.5 Å². The lowest BCUT2D eigenvalue weighted by Gasteiger charge is -2.44. The molecule has 3 heterocycles. The van der Waals surface area contributed by atoms with Gasteiger partial charge in [0.1, 0.15) is 0 Å². The summed E-state index contributed by atoms with van der Waals surface area (Å²) in [5, 5.41) is 0. The van der Waals surface area contributed by atoms with Crippen molar-refractivity contribution in [1.82, 2.24) is 4.90 Å². The number of hydrogen-bond donors (Lipinski definition) is 1. The van der Waals surface area contributed by atoms with E-state index in [1.165, 1.54) is 56.7 Å². The second-order valence-electron chi connectivity index (χ2n) is 6.20. The van der Waals surface area contributed by atoms with E-state index in [9.17, 15) is 0 Å². The second-order valence-corrected chi connectivity index (χ2v) is 7.30. The fourth-order valence-electron chi connectivity index (χ4n) is 3.73. The van der Waals surface area contributed by atoms with Crippen molar-refractivity contribution >= 4 is 11.8 Å². The third-order valence-electron chi connectivity index (χ3n) is 5.03. The zero-order chi connectivity index (χ0) is 12.4. The van der Waals surface area contributed by atoms with Crippen molar-refractivity contribution in [3.63, 3.8) is 0 Å². The summed E-state index contributed by atoms with van der Waals surface area (Å²) in [4.78, 5) is 2.72. The molecule has 0 amide bonds. The second kappa shape index (κ2) is 5.70. The van der Waals surface area contributed by atoms with Crippen LogP contribution in [0.25, 0.3) is 0 Å². The van der Waals surface area contributed by atoms with Gasteiger partial charge in [0.25, 0.3) is 0 Å². The molecule has 0 radical (unpaired) electrons. The summed E-state index contributed by atoms with van der Waals surface area (Å²) in [6.45, 7) is 4.37. The Morgan fingerprint density at radius 2 is 2.11 bits per heavy atom. The molecule has 0 aromatic carbocycles. The van der Waals surface area contributed by atoms with Crippen LogP contribution < -0.4 is 5.73 Å². The number of nitrogens with two attached hydrogens (primary N) is 1. The smallest absolute Gasteiger partial charge is 0.0795 e. The average Bonchev–Trinajstić information content (AvgIpc) is 2.87. The van der Waals surface area contributed by atoms with Gasteiger partial charge in [-0.05, 0) is 63.4 Å². The van der Waals surface area contributed by atoms with Gasteiger partial charge in [-0.1, -0.05) is 0 Å². The number of piperidine rings is 1. The van der Waals surface area contributed by atoms with Crippen molar-refractivity contribution in [3.05, 3.63) is 0 Å². The van der Waals surface area contributed by atoms with Gasteiger partial charge in [-0.15, -0.1) is 0 Å². The van der Waals surface area contributed by atoms with Crippen LogP contribution in [-0.2, 0) is 4.74 Å². The molecular formula is C14H26N2OS. The molecule has 0 aromatic rings. The van der Waals surface area contributed by atoms with E-state index >= 15 is 0 Å². The van der Waals surface area contributed by atoms with Gasteiger partial charge in [0.2, 0.25) is 0 Å². The lowest BCUT2D eigenvalue weighted by molar-refractivity contribution is -0.0927. The molecule has 0 aliphatic carbocycles. The summed E-state index contributed by atoms with van der Waals surface area (Å²) in [7, 11) is 0. The normalized spacial score (nSPS) is 39.5. The first-order valence-electron chi connectivity index (χ1n) is 7.47. The zero-order valence-electron chi connectivity index (χ0n) is 11.3. The Kier molecular flexibility index (Phi) is 4.18. The minimum Gasteiger partial charge on any atom is -0.374 e. The van der Waals surface area contributed by atoms with Crippen molar-refractivity contribution in [2.75, 3.05) is 37.7 Å². The zero-order valence-corrected chi connectivity index (χ0v) is 12.1. The first-order chi connectivity index (χ1) is 8.81. The van der Waals surface area contributed by atoms with E-state index in [4.69, 9.17) is 10.5 Å². The Bertz CT molecular complexity index is 273.